The Kier molecular flexibility index (Phi) is 64.3. The van der Waals surface area contributed by atoms with Gasteiger partial charge in [-0.05, 0) is 135 Å². The van der Waals surface area contributed by atoms with Crippen LogP contribution in [0, 0.1) is 0 Å². The number of carbonyl (C=O) groups excluding carboxylic acids is 3. The molecular formula is C75H124O6. The fourth-order valence-corrected chi connectivity index (χ4v) is 9.14. The van der Waals surface area contributed by atoms with E-state index in [1.807, 2.05) is 0 Å². The van der Waals surface area contributed by atoms with Crippen molar-refractivity contribution in [3.8, 4) is 0 Å². The first-order valence-corrected chi connectivity index (χ1v) is 33.7. The van der Waals surface area contributed by atoms with Crippen molar-refractivity contribution in [2.24, 2.45) is 0 Å². The van der Waals surface area contributed by atoms with Crippen LogP contribution in [0.4, 0.5) is 0 Å². The molecule has 0 aromatic rings. The number of allylic oxidation sites excluding steroid dienone is 22. The summed E-state index contributed by atoms with van der Waals surface area (Å²) >= 11 is 0. The van der Waals surface area contributed by atoms with Crippen LogP contribution in [0.3, 0.4) is 0 Å². The molecule has 0 rings (SSSR count). The van der Waals surface area contributed by atoms with Gasteiger partial charge in [-0.3, -0.25) is 14.4 Å². The smallest absolute Gasteiger partial charge is 0.306 e. The Morgan fingerprint density at radius 2 is 0.481 bits per heavy atom. The Labute approximate surface area is 500 Å². The summed E-state index contributed by atoms with van der Waals surface area (Å²) in [6, 6.07) is 0. The minimum absolute atomic E-state index is 0.0959. The molecule has 1 atom stereocenters. The van der Waals surface area contributed by atoms with Gasteiger partial charge in [0, 0.05) is 19.3 Å². The lowest BCUT2D eigenvalue weighted by molar-refractivity contribution is -0.167. The number of esters is 3. The van der Waals surface area contributed by atoms with Crippen LogP contribution in [-0.2, 0) is 28.6 Å². The molecule has 6 heteroatoms. The molecule has 0 bridgehead atoms. The molecule has 0 heterocycles. The zero-order valence-electron chi connectivity index (χ0n) is 52.8. The Hall–Kier alpha value is -4.45. The Morgan fingerprint density at radius 1 is 0.259 bits per heavy atom. The highest BCUT2D eigenvalue weighted by Gasteiger charge is 2.19. The van der Waals surface area contributed by atoms with Gasteiger partial charge in [0.1, 0.15) is 13.2 Å². The number of hydrogen-bond donors (Lipinski definition) is 0. The van der Waals surface area contributed by atoms with E-state index in [0.29, 0.717) is 19.3 Å². The first-order valence-electron chi connectivity index (χ1n) is 33.7. The molecule has 0 saturated carbocycles. The second kappa shape index (κ2) is 68.1. The molecule has 0 aliphatic carbocycles. The van der Waals surface area contributed by atoms with Crippen molar-refractivity contribution in [1.29, 1.82) is 0 Å². The third-order valence-electron chi connectivity index (χ3n) is 14.1. The maximum absolute atomic E-state index is 12.9. The summed E-state index contributed by atoms with van der Waals surface area (Å²) in [6.45, 7) is 6.39. The van der Waals surface area contributed by atoms with Gasteiger partial charge in [-0.15, -0.1) is 0 Å². The molecule has 0 saturated heterocycles. The Bertz CT molecular complexity index is 1720. The fraction of sp³-hybridized carbons (Fsp3) is 0.667. The van der Waals surface area contributed by atoms with Crippen molar-refractivity contribution < 1.29 is 28.6 Å². The standard InChI is InChI=1S/C75H124O6/c1-4-7-10-13-16-19-22-25-28-30-32-34-35-36-37-38-39-41-42-44-47-50-53-56-59-62-65-68-74(77)80-71-72(70-79-73(76)67-64-61-58-55-52-49-46-27-24-21-18-15-12-9-6-3)81-75(78)69-66-63-60-57-54-51-48-45-43-40-33-31-29-26-23-20-17-14-11-8-5-2/h8-9,11-12,17-18,20-22,25-27,29-30,32-33,35-36,40,45-46,48,72H,4-7,10,13-16,19,23-24,28,31,34,37-39,41-44,47,49-71H2,1-3H3/b11-8-,12-9-,20-17-,21-18-,25-22-,29-26-,32-30-,36-35-,40-33-,46-27-,48-45-. The fourth-order valence-electron chi connectivity index (χ4n) is 9.14. The van der Waals surface area contributed by atoms with Gasteiger partial charge in [-0.2, -0.15) is 0 Å². The third-order valence-corrected chi connectivity index (χ3v) is 14.1. The minimum Gasteiger partial charge on any atom is -0.462 e. The molecule has 460 valence electrons. The first-order chi connectivity index (χ1) is 40.0. The van der Waals surface area contributed by atoms with Crippen molar-refractivity contribution in [3.63, 3.8) is 0 Å². The van der Waals surface area contributed by atoms with Crippen LogP contribution in [-0.4, -0.2) is 37.2 Å². The van der Waals surface area contributed by atoms with Crippen molar-refractivity contribution in [2.45, 2.75) is 309 Å². The molecule has 0 aromatic carbocycles. The number of rotatable bonds is 60. The number of ether oxygens (including phenoxy) is 3. The summed E-state index contributed by atoms with van der Waals surface area (Å²) in [6.07, 6.45) is 96.0. The highest BCUT2D eigenvalue weighted by atomic mass is 16.6. The molecular weight excluding hydrogens is 997 g/mol. The SMILES string of the molecule is CC/C=C\C/C=C\C/C=C\C/C=C\C/C=C\CCCCCCCC(=O)OC(COC(=O)CCCCCCC/C=C\C/C=C\C/C=C\CC)COC(=O)CCCCCCCCCCCCCC/C=C\C/C=C\C/C=C\CCCCCCC. The van der Waals surface area contributed by atoms with Crippen molar-refractivity contribution >= 4 is 17.9 Å². The molecule has 0 fully saturated rings. The zero-order chi connectivity index (χ0) is 58.5. The molecule has 0 radical (unpaired) electrons. The molecule has 0 N–H and O–H groups in total. The van der Waals surface area contributed by atoms with Gasteiger partial charge in [0.15, 0.2) is 6.10 Å². The summed E-state index contributed by atoms with van der Waals surface area (Å²) in [5, 5.41) is 0. The second-order valence-electron chi connectivity index (χ2n) is 22.0. The highest BCUT2D eigenvalue weighted by molar-refractivity contribution is 5.71. The van der Waals surface area contributed by atoms with Gasteiger partial charge in [-0.25, -0.2) is 0 Å². The van der Waals surface area contributed by atoms with Gasteiger partial charge in [0.25, 0.3) is 0 Å². The topological polar surface area (TPSA) is 78.9 Å². The molecule has 0 aromatic heterocycles. The van der Waals surface area contributed by atoms with E-state index in [2.05, 4.69) is 154 Å². The molecule has 1 unspecified atom stereocenters. The molecule has 81 heavy (non-hydrogen) atoms. The van der Waals surface area contributed by atoms with Crippen molar-refractivity contribution in [1.82, 2.24) is 0 Å². The minimum atomic E-state index is -0.803. The Morgan fingerprint density at radius 3 is 0.753 bits per heavy atom. The van der Waals surface area contributed by atoms with Gasteiger partial charge < -0.3 is 14.2 Å². The summed E-state index contributed by atoms with van der Waals surface area (Å²) in [5.74, 6) is -0.929. The lowest BCUT2D eigenvalue weighted by Gasteiger charge is -2.18. The summed E-state index contributed by atoms with van der Waals surface area (Å²) in [4.78, 5) is 38.4. The van der Waals surface area contributed by atoms with Crippen LogP contribution < -0.4 is 0 Å². The lowest BCUT2D eigenvalue weighted by atomic mass is 10.0. The predicted molar refractivity (Wildman–Crippen MR) is 353 cm³/mol. The van der Waals surface area contributed by atoms with Crippen LogP contribution >= 0.6 is 0 Å². The summed E-state index contributed by atoms with van der Waals surface area (Å²) in [5.41, 5.74) is 0. The second-order valence-corrected chi connectivity index (χ2v) is 22.0. The van der Waals surface area contributed by atoms with Crippen LogP contribution in [0.2, 0.25) is 0 Å². The molecule has 6 nitrogen and oxygen atoms in total. The van der Waals surface area contributed by atoms with E-state index in [-0.39, 0.29) is 31.1 Å². The van der Waals surface area contributed by atoms with E-state index in [9.17, 15) is 14.4 Å². The van der Waals surface area contributed by atoms with Gasteiger partial charge in [0.05, 0.1) is 0 Å². The van der Waals surface area contributed by atoms with Gasteiger partial charge in [0.2, 0.25) is 0 Å². The maximum Gasteiger partial charge on any atom is 0.306 e. The predicted octanol–water partition coefficient (Wildman–Crippen LogP) is 23.3. The normalized spacial score (nSPS) is 13.0. The van der Waals surface area contributed by atoms with E-state index in [1.165, 1.54) is 103 Å². The number of carbonyl (C=O) groups is 3. The lowest BCUT2D eigenvalue weighted by Crippen LogP contribution is -2.30. The average molecular weight is 1120 g/mol. The summed E-state index contributed by atoms with van der Waals surface area (Å²) in [7, 11) is 0. The van der Waals surface area contributed by atoms with Crippen LogP contribution in [0.5, 0.6) is 0 Å². The highest BCUT2D eigenvalue weighted by Crippen LogP contribution is 2.16. The van der Waals surface area contributed by atoms with E-state index >= 15 is 0 Å². The third kappa shape index (κ3) is 66.2. The number of unbranched alkanes of at least 4 members (excludes halogenated alkanes) is 27. The van der Waals surface area contributed by atoms with E-state index in [4.69, 9.17) is 14.2 Å². The maximum atomic E-state index is 12.9. The van der Waals surface area contributed by atoms with E-state index < -0.39 is 6.10 Å². The zero-order valence-corrected chi connectivity index (χ0v) is 52.8. The van der Waals surface area contributed by atoms with Crippen molar-refractivity contribution in [2.75, 3.05) is 13.2 Å². The monoisotopic (exact) mass is 1120 g/mol. The summed E-state index contributed by atoms with van der Waals surface area (Å²) < 4.78 is 16.9. The molecule has 0 aliphatic rings. The first kappa shape index (κ1) is 76.5. The molecule has 0 amide bonds. The number of hydrogen-bond acceptors (Lipinski definition) is 6. The quantitative estimate of drug-likeness (QED) is 0.0261. The van der Waals surface area contributed by atoms with E-state index in [1.54, 1.807) is 0 Å². The molecule has 0 spiro atoms. The van der Waals surface area contributed by atoms with Crippen LogP contribution in [0.15, 0.2) is 134 Å². The van der Waals surface area contributed by atoms with Crippen LogP contribution in [0.25, 0.3) is 0 Å². The van der Waals surface area contributed by atoms with Gasteiger partial charge >= 0.3 is 17.9 Å². The van der Waals surface area contributed by atoms with Crippen LogP contribution in [0.1, 0.15) is 303 Å². The Balaban J connectivity index is 4.39. The largest absolute Gasteiger partial charge is 0.462 e. The van der Waals surface area contributed by atoms with Gasteiger partial charge in [-0.1, -0.05) is 283 Å². The van der Waals surface area contributed by atoms with Crippen molar-refractivity contribution in [3.05, 3.63) is 134 Å². The van der Waals surface area contributed by atoms with E-state index in [0.717, 1.165) is 161 Å². The molecule has 0 aliphatic heterocycles. The average Bonchev–Trinajstić information content (AvgIpc) is 3.47.